The molecule has 1 unspecified atom stereocenters. The van der Waals surface area contributed by atoms with Crippen LogP contribution in [0.4, 0.5) is 47.3 Å². The molecule has 3 N–H and O–H groups in total. The van der Waals surface area contributed by atoms with Gasteiger partial charge in [-0.25, -0.2) is 17.4 Å². The van der Waals surface area contributed by atoms with Crippen LogP contribution in [-0.2, 0) is 43.2 Å². The zero-order valence-electron chi connectivity index (χ0n) is 42.2. The molecule has 4 fully saturated rings. The number of hydrogen-bond acceptors (Lipinski definition) is 17. The molecular weight excluding hydrogens is 1160 g/mol. The first-order valence-electron chi connectivity index (χ1n) is 24.1. The van der Waals surface area contributed by atoms with Crippen molar-refractivity contribution in [1.29, 1.82) is 0 Å². The predicted molar refractivity (Wildman–Crippen MR) is 288 cm³/mol. The van der Waals surface area contributed by atoms with Crippen LogP contribution in [0.2, 0.25) is 0 Å². The maximum atomic E-state index is 13.7. The van der Waals surface area contributed by atoms with E-state index in [-0.39, 0.29) is 67.8 Å². The number of para-hydroxylation sites is 6. The van der Waals surface area contributed by atoms with Crippen molar-refractivity contribution in [1.82, 2.24) is 0 Å². The Labute approximate surface area is 495 Å². The van der Waals surface area contributed by atoms with Crippen molar-refractivity contribution in [3.05, 3.63) is 171 Å². The summed E-state index contributed by atoms with van der Waals surface area (Å²) in [6, 6.07) is 33.0. The van der Waals surface area contributed by atoms with E-state index in [1.165, 1.54) is 41.3 Å². The van der Waals surface area contributed by atoms with E-state index in [1.807, 2.05) is 75.4 Å². The van der Waals surface area contributed by atoms with Crippen LogP contribution in [0.1, 0.15) is 0 Å². The molecular formula is C51H45Cl2F3N9NaO13S2. The Bertz CT molecular complexity index is 3350. The fourth-order valence-electron chi connectivity index (χ4n) is 9.89. The Morgan fingerprint density at radius 3 is 1.36 bits per heavy atom. The molecule has 0 aliphatic carbocycles. The molecule has 4 saturated heterocycles. The van der Waals surface area contributed by atoms with Gasteiger partial charge >= 0.3 is 40.9 Å². The number of fused-ring (bicyclic) bond motifs is 7. The third-order valence-electron chi connectivity index (χ3n) is 13.2. The molecule has 10 atom stereocenters. The summed E-state index contributed by atoms with van der Waals surface area (Å²) in [5, 5.41) is 34.7. The van der Waals surface area contributed by atoms with Crippen LogP contribution < -0.4 is 58.5 Å². The van der Waals surface area contributed by atoms with Crippen LogP contribution in [0.5, 0.6) is 34.5 Å². The standard InChI is InChI=1S/C17H15FN4O3.C17H14FNO5S.C17H16FNO4.Cl2OS.N3.Na/c18-10-5-6-13-16(7-10)25-15-4-2-1-3-12(15)22(13)14-9-24-8-11(17(14)23)20-21-19;18-10-5-6-12-15(7-10)22-14-4-2-1-3-11(14)19(12)13-8-21-9-16-17(13)24-25(20)23-16;18-10-5-6-12-16(7-10)23-15-4-2-1-3-11(15)19(12)13-8-22-9-14(20)17(13)21;1-4(2)3;1-3-2;/h1-7,11,14,17,23H,8-9H2;1-7,13,16-17H,8-9H2;1-7,13-14,17,20-21H,8-9H2;;;/q;;;;-1;+1/t11-,14+,17+;13-,16-,17+,25?;13-,14-,17+;;;/m100.../s1. The van der Waals surface area contributed by atoms with Gasteiger partial charge in [0.15, 0.2) is 34.5 Å². The van der Waals surface area contributed by atoms with Gasteiger partial charge in [0.25, 0.3) is 0 Å². The Morgan fingerprint density at radius 2 is 0.914 bits per heavy atom. The van der Waals surface area contributed by atoms with Crippen LogP contribution in [0.15, 0.2) is 133 Å². The number of benzene rings is 6. The summed E-state index contributed by atoms with van der Waals surface area (Å²) in [4.78, 5) is 9.98. The molecule has 7 aliphatic heterocycles. The average Bonchev–Trinajstić information content (AvgIpc) is 4.01. The fraction of sp³-hybridized carbons (Fsp3) is 0.294. The molecule has 22 nitrogen and oxygen atoms in total. The van der Waals surface area contributed by atoms with Crippen LogP contribution in [-0.4, -0.2) is 118 Å². The van der Waals surface area contributed by atoms with Gasteiger partial charge in [-0.2, -0.15) is 4.21 Å². The summed E-state index contributed by atoms with van der Waals surface area (Å²) in [5.41, 5.74) is 26.4. The molecule has 0 amide bonds. The van der Waals surface area contributed by atoms with Crippen molar-refractivity contribution in [2.75, 3.05) is 54.3 Å². The number of aliphatic hydroxyl groups is 3. The number of azide groups is 1. The Kier molecular flexibility index (Phi) is 21.1. The van der Waals surface area contributed by atoms with Gasteiger partial charge in [0.05, 0.1) is 104 Å². The largest absolute Gasteiger partial charge is 1.00 e. The number of rotatable bonds is 4. The zero-order valence-corrected chi connectivity index (χ0v) is 47.4. The Hall–Kier alpha value is -5.91. The van der Waals surface area contributed by atoms with E-state index < -0.39 is 80.9 Å². The number of anilines is 6. The minimum absolute atomic E-state index is 0. The van der Waals surface area contributed by atoms with Crippen LogP contribution >= 0.6 is 21.4 Å². The monoisotopic (exact) mass is 1210 g/mol. The van der Waals surface area contributed by atoms with E-state index in [0.717, 1.165) is 17.1 Å². The van der Waals surface area contributed by atoms with Gasteiger partial charge in [0.1, 0.15) is 41.9 Å². The number of hydrogen-bond donors (Lipinski definition) is 3. The van der Waals surface area contributed by atoms with Gasteiger partial charge in [-0.1, -0.05) is 41.5 Å². The summed E-state index contributed by atoms with van der Waals surface area (Å²) < 4.78 is 107. The second-order valence-electron chi connectivity index (χ2n) is 18.0. The van der Waals surface area contributed by atoms with E-state index in [2.05, 4.69) is 31.4 Å². The van der Waals surface area contributed by atoms with Gasteiger partial charge in [-0.3, -0.25) is 13.3 Å². The van der Waals surface area contributed by atoms with Gasteiger partial charge < -0.3 is 69.5 Å². The minimum Gasteiger partial charge on any atom is -0.453 e. The quantitative estimate of drug-likeness (QED) is 0.0508. The molecule has 0 saturated carbocycles. The summed E-state index contributed by atoms with van der Waals surface area (Å²) in [6.07, 6.45) is -3.70. The number of halogens is 5. The molecule has 30 heteroatoms. The van der Waals surface area contributed by atoms with Crippen molar-refractivity contribution in [2.45, 2.75) is 54.7 Å². The van der Waals surface area contributed by atoms with Gasteiger partial charge in [-0.15, -0.1) is 0 Å². The molecule has 6 aromatic rings. The maximum Gasteiger partial charge on any atom is 1.00 e. The number of nitrogens with zero attached hydrogens (tertiary/aromatic N) is 9. The third kappa shape index (κ3) is 13.8. The van der Waals surface area contributed by atoms with E-state index in [9.17, 15) is 32.7 Å². The molecule has 7 aliphatic rings. The Balaban J connectivity index is 0.000000150. The van der Waals surface area contributed by atoms with Crippen molar-refractivity contribution in [3.8, 4) is 34.5 Å². The van der Waals surface area contributed by atoms with Crippen molar-refractivity contribution in [3.63, 3.8) is 0 Å². The second kappa shape index (κ2) is 27.9. The van der Waals surface area contributed by atoms with Gasteiger partial charge in [0.2, 0.25) is 9.23 Å². The fourth-order valence-corrected chi connectivity index (χ4v) is 10.7. The topological polar surface area (TPSA) is 286 Å². The summed E-state index contributed by atoms with van der Waals surface area (Å²) in [6.45, 7) is 1.44. The molecule has 7 heterocycles. The van der Waals surface area contributed by atoms with E-state index in [4.69, 9.17) is 57.6 Å². The summed E-state index contributed by atoms with van der Waals surface area (Å²) in [7, 11) is 7.36. The first-order chi connectivity index (χ1) is 38.7. The summed E-state index contributed by atoms with van der Waals surface area (Å²) >= 11 is -1.79. The van der Waals surface area contributed by atoms with Crippen molar-refractivity contribution < 1.29 is 103 Å². The van der Waals surface area contributed by atoms with Gasteiger partial charge in [0, 0.05) is 44.5 Å². The average molecular weight is 1210 g/mol. The van der Waals surface area contributed by atoms with E-state index in [0.29, 0.717) is 64.8 Å². The molecule has 13 rings (SSSR count). The molecule has 0 aromatic heterocycles. The smallest absolute Gasteiger partial charge is 0.453 e. The zero-order chi connectivity index (χ0) is 56.6. The van der Waals surface area contributed by atoms with Crippen molar-refractivity contribution >= 4 is 76.1 Å². The molecule has 6 aromatic carbocycles. The second-order valence-corrected chi connectivity index (χ2v) is 21.3. The maximum absolute atomic E-state index is 13.7. The minimum atomic E-state index is -1.79. The molecule has 81 heavy (non-hydrogen) atoms. The van der Waals surface area contributed by atoms with Crippen LogP contribution in [0.25, 0.3) is 26.4 Å². The van der Waals surface area contributed by atoms with Crippen LogP contribution in [0.3, 0.4) is 0 Å². The molecule has 0 radical (unpaired) electrons. The molecule has 0 spiro atoms. The Morgan fingerprint density at radius 1 is 0.543 bits per heavy atom. The molecule has 420 valence electrons. The normalized spacial score (nSPS) is 24.9. The first-order valence-corrected chi connectivity index (χ1v) is 27.9. The molecule has 0 bridgehead atoms. The summed E-state index contributed by atoms with van der Waals surface area (Å²) in [5.74, 6) is 1.69. The van der Waals surface area contributed by atoms with Gasteiger partial charge in [-0.05, 0) is 78.3 Å². The van der Waals surface area contributed by atoms with E-state index in [1.54, 1.807) is 30.3 Å². The number of ether oxygens (including phenoxy) is 6. The van der Waals surface area contributed by atoms with Crippen LogP contribution in [0, 0.1) is 17.5 Å². The predicted octanol–water partition coefficient (Wildman–Crippen LogP) is 7.44. The van der Waals surface area contributed by atoms with Crippen molar-refractivity contribution in [2.24, 2.45) is 5.11 Å². The number of aliphatic hydroxyl groups excluding tert-OH is 3. The SMILES string of the molecule is O=S(Cl)Cl.O=S1O[C@H]2[C@H](COC[C@@H]2N2c3ccccc3Oc3cc(F)ccc32)O1.O[C@H]1[C@@H](O)COC[C@@H]1N1c2ccccc2Oc2cc(F)ccc21.[N-]=[N+]=N[C@@H]1COC[C@H](N2c3ccccc3Oc3cc(F)ccc32)[C@H]1O.[N-]=[N+]=[N-].[Na+]. The van der Waals surface area contributed by atoms with E-state index >= 15 is 0 Å². The third-order valence-corrected chi connectivity index (χ3v) is 14.0. The first kappa shape index (κ1) is 61.2.